The van der Waals surface area contributed by atoms with E-state index in [-0.39, 0.29) is 0 Å². The summed E-state index contributed by atoms with van der Waals surface area (Å²) in [7, 11) is 1.94. The number of H-pyrrole nitrogens is 1. The molecule has 0 aliphatic carbocycles. The van der Waals surface area contributed by atoms with E-state index in [0.29, 0.717) is 0 Å². The van der Waals surface area contributed by atoms with Crippen LogP contribution >= 0.6 is 12.2 Å². The van der Waals surface area contributed by atoms with Gasteiger partial charge >= 0.3 is 0 Å². The summed E-state index contributed by atoms with van der Waals surface area (Å²) in [5.74, 6) is 0. The molecular weight excluding hydrogens is 220 g/mol. The van der Waals surface area contributed by atoms with Gasteiger partial charge in [-0.1, -0.05) is 6.92 Å². The molecule has 1 N–H and O–H groups in total. The first kappa shape index (κ1) is 11.1. The maximum absolute atomic E-state index is 5.27. The summed E-state index contributed by atoms with van der Waals surface area (Å²) < 4.78 is 4.74. The summed E-state index contributed by atoms with van der Waals surface area (Å²) in [6, 6.07) is 0. The highest BCUT2D eigenvalue weighted by atomic mass is 32.1. The maximum Gasteiger partial charge on any atom is 0.177 e. The first-order valence-electron chi connectivity index (χ1n) is 5.38. The maximum atomic E-state index is 5.27. The molecule has 0 spiro atoms. The molecule has 2 rings (SSSR count). The van der Waals surface area contributed by atoms with E-state index < -0.39 is 0 Å². The van der Waals surface area contributed by atoms with E-state index in [1.165, 1.54) is 11.3 Å². The van der Waals surface area contributed by atoms with Gasteiger partial charge in [0.1, 0.15) is 0 Å². The number of aryl methyl sites for hydroxylation is 3. The first-order chi connectivity index (χ1) is 7.61. The average Bonchev–Trinajstić information content (AvgIpc) is 2.73. The minimum absolute atomic E-state index is 0.778. The lowest BCUT2D eigenvalue weighted by molar-refractivity contribution is 0.731. The average molecular weight is 236 g/mol. The number of nitrogens with zero attached hydrogens (tertiary/aromatic N) is 3. The third-order valence-corrected chi connectivity index (χ3v) is 3.10. The van der Waals surface area contributed by atoms with E-state index in [1.54, 1.807) is 0 Å². The summed E-state index contributed by atoms with van der Waals surface area (Å²) in [6.07, 6.45) is 5.00. The van der Waals surface area contributed by atoms with Gasteiger partial charge < -0.3 is 9.55 Å². The Balaban J connectivity index is 2.36. The number of rotatable bonds is 3. The molecule has 86 valence electrons. The predicted molar refractivity (Wildman–Crippen MR) is 66.0 cm³/mol. The van der Waals surface area contributed by atoms with Gasteiger partial charge in [-0.25, -0.2) is 0 Å². The first-order valence-corrected chi connectivity index (χ1v) is 5.79. The van der Waals surface area contributed by atoms with Crippen molar-refractivity contribution in [3.05, 3.63) is 34.1 Å². The summed E-state index contributed by atoms with van der Waals surface area (Å²) in [5, 5.41) is 4.34. The summed E-state index contributed by atoms with van der Waals surface area (Å²) in [6.45, 7) is 4.95. The van der Waals surface area contributed by atoms with E-state index in [9.17, 15) is 0 Å². The van der Waals surface area contributed by atoms with Crippen molar-refractivity contribution in [2.45, 2.75) is 26.8 Å². The smallest absolute Gasteiger partial charge is 0.177 e. The number of aromatic amines is 1. The van der Waals surface area contributed by atoms with E-state index in [1.807, 2.05) is 31.0 Å². The topological polar surface area (TPSA) is 38.5 Å². The van der Waals surface area contributed by atoms with Crippen molar-refractivity contribution in [1.82, 2.24) is 19.3 Å². The number of aromatic nitrogens is 4. The monoisotopic (exact) mass is 236 g/mol. The third-order valence-electron chi connectivity index (χ3n) is 2.76. The number of nitrogens with one attached hydrogen (secondary N) is 1. The molecule has 0 saturated heterocycles. The van der Waals surface area contributed by atoms with Crippen molar-refractivity contribution in [2.75, 3.05) is 0 Å². The van der Waals surface area contributed by atoms with Gasteiger partial charge in [-0.3, -0.25) is 4.68 Å². The van der Waals surface area contributed by atoms with Gasteiger partial charge in [0.2, 0.25) is 0 Å². The van der Waals surface area contributed by atoms with Crippen LogP contribution in [0.3, 0.4) is 0 Å². The molecule has 0 bridgehead atoms. The highest BCUT2D eigenvalue weighted by Crippen LogP contribution is 2.11. The summed E-state index contributed by atoms with van der Waals surface area (Å²) >= 11 is 5.27. The fraction of sp³-hybridized carbons (Fsp3) is 0.455. The Morgan fingerprint density at radius 3 is 2.81 bits per heavy atom. The Bertz CT molecular complexity index is 547. The Labute approximate surface area is 99.9 Å². The Morgan fingerprint density at radius 1 is 1.50 bits per heavy atom. The van der Waals surface area contributed by atoms with Crippen LogP contribution < -0.4 is 0 Å². The number of hydrogen-bond donors (Lipinski definition) is 1. The lowest BCUT2D eigenvalue weighted by atomic mass is 10.2. The SMILES string of the molecule is CCc1c[nH]c(=S)n1Cc1cn(C)nc1C. The van der Waals surface area contributed by atoms with Crippen LogP contribution in [0.25, 0.3) is 0 Å². The van der Waals surface area contributed by atoms with Gasteiger partial charge in [-0.05, 0) is 25.6 Å². The second kappa shape index (κ2) is 4.25. The van der Waals surface area contributed by atoms with Gasteiger partial charge in [0.05, 0.1) is 12.2 Å². The quantitative estimate of drug-likeness (QED) is 0.830. The van der Waals surface area contributed by atoms with Gasteiger partial charge in [-0.2, -0.15) is 5.10 Å². The highest BCUT2D eigenvalue weighted by Gasteiger charge is 2.07. The highest BCUT2D eigenvalue weighted by molar-refractivity contribution is 7.71. The minimum Gasteiger partial charge on any atom is -0.337 e. The molecule has 0 radical (unpaired) electrons. The van der Waals surface area contributed by atoms with Crippen LogP contribution in [-0.2, 0) is 20.0 Å². The molecule has 0 aromatic carbocycles. The zero-order valence-corrected chi connectivity index (χ0v) is 10.6. The van der Waals surface area contributed by atoms with Crippen LogP contribution in [0.4, 0.5) is 0 Å². The molecule has 0 aliphatic rings. The van der Waals surface area contributed by atoms with Gasteiger partial charge in [0.25, 0.3) is 0 Å². The fourth-order valence-corrected chi connectivity index (χ4v) is 2.11. The molecule has 0 unspecified atom stereocenters. The zero-order valence-electron chi connectivity index (χ0n) is 9.82. The van der Waals surface area contributed by atoms with Gasteiger partial charge in [-0.15, -0.1) is 0 Å². The molecule has 2 aromatic rings. The molecule has 0 fully saturated rings. The molecule has 16 heavy (non-hydrogen) atoms. The van der Waals surface area contributed by atoms with Crippen molar-refractivity contribution in [2.24, 2.45) is 7.05 Å². The predicted octanol–water partition coefficient (Wildman–Crippen LogP) is 2.20. The van der Waals surface area contributed by atoms with E-state index in [4.69, 9.17) is 12.2 Å². The lowest BCUT2D eigenvalue weighted by Crippen LogP contribution is -2.04. The fourth-order valence-electron chi connectivity index (χ4n) is 1.87. The van der Waals surface area contributed by atoms with Crippen LogP contribution in [0.5, 0.6) is 0 Å². The Morgan fingerprint density at radius 2 is 2.25 bits per heavy atom. The van der Waals surface area contributed by atoms with Gasteiger partial charge in [0.15, 0.2) is 4.77 Å². The number of hydrogen-bond acceptors (Lipinski definition) is 2. The summed E-state index contributed by atoms with van der Waals surface area (Å²) in [4.78, 5) is 3.09. The second-order valence-corrected chi connectivity index (χ2v) is 4.32. The van der Waals surface area contributed by atoms with Crippen LogP contribution in [0.1, 0.15) is 23.9 Å². The standard InChI is InChI=1S/C11H16N4S/c1-4-10-5-12-11(16)15(10)7-9-6-14(3)13-8(9)2/h5-6H,4,7H2,1-3H3,(H,12,16). The zero-order chi connectivity index (χ0) is 11.7. The molecule has 4 nitrogen and oxygen atoms in total. The Kier molecular flexibility index (Phi) is 2.96. The van der Waals surface area contributed by atoms with Crippen LogP contribution in [0, 0.1) is 11.7 Å². The molecule has 0 aliphatic heterocycles. The molecule has 2 heterocycles. The van der Waals surface area contributed by atoms with Crippen LogP contribution in [-0.4, -0.2) is 19.3 Å². The van der Waals surface area contributed by atoms with Crippen LogP contribution in [0.15, 0.2) is 12.4 Å². The molecule has 0 amide bonds. The summed E-state index contributed by atoms with van der Waals surface area (Å²) in [5.41, 5.74) is 3.51. The third kappa shape index (κ3) is 1.95. The minimum atomic E-state index is 0.778. The van der Waals surface area contributed by atoms with Gasteiger partial charge in [0, 0.05) is 30.7 Å². The molecule has 0 atom stereocenters. The second-order valence-electron chi connectivity index (χ2n) is 3.94. The van der Waals surface area contributed by atoms with Crippen molar-refractivity contribution in [1.29, 1.82) is 0 Å². The number of imidazole rings is 1. The lowest BCUT2D eigenvalue weighted by Gasteiger charge is -2.05. The van der Waals surface area contributed by atoms with Crippen molar-refractivity contribution in [3.8, 4) is 0 Å². The largest absolute Gasteiger partial charge is 0.337 e. The van der Waals surface area contributed by atoms with E-state index in [2.05, 4.69) is 21.6 Å². The molecule has 0 saturated carbocycles. The van der Waals surface area contributed by atoms with Crippen molar-refractivity contribution in [3.63, 3.8) is 0 Å². The molecular formula is C11H16N4S. The Hall–Kier alpha value is -1.36. The normalized spacial score (nSPS) is 10.9. The van der Waals surface area contributed by atoms with E-state index in [0.717, 1.165) is 23.4 Å². The molecule has 2 aromatic heterocycles. The van der Waals surface area contributed by atoms with E-state index >= 15 is 0 Å². The van der Waals surface area contributed by atoms with Crippen molar-refractivity contribution >= 4 is 12.2 Å². The van der Waals surface area contributed by atoms with Crippen LogP contribution in [0.2, 0.25) is 0 Å². The molecule has 5 heteroatoms. The van der Waals surface area contributed by atoms with Crippen molar-refractivity contribution < 1.29 is 0 Å².